The third-order valence-electron chi connectivity index (χ3n) is 7.27. The molecule has 2 saturated carbocycles. The molecule has 1 aromatic carbocycles. The van der Waals surface area contributed by atoms with Crippen LogP contribution in [-0.2, 0) is 4.74 Å². The predicted molar refractivity (Wildman–Crippen MR) is 128 cm³/mol. The maximum Gasteiger partial charge on any atom is 0.410 e. The Balaban J connectivity index is 1.40. The zero-order chi connectivity index (χ0) is 26.2. The summed E-state index contributed by atoms with van der Waals surface area (Å²) in [7, 11) is 0. The van der Waals surface area contributed by atoms with Crippen molar-refractivity contribution in [1.29, 1.82) is 0 Å². The van der Waals surface area contributed by atoms with E-state index in [-0.39, 0.29) is 30.7 Å². The molecule has 1 saturated heterocycles. The Morgan fingerprint density at radius 2 is 2.03 bits per heavy atom. The number of amides is 1. The average molecular weight is 537 g/mol. The van der Waals surface area contributed by atoms with Crippen LogP contribution >= 0.6 is 11.3 Å². The number of aryl methyl sites for hydroxylation is 1. The van der Waals surface area contributed by atoms with Crippen LogP contribution in [0, 0.1) is 12.8 Å². The first-order valence-electron chi connectivity index (χ1n) is 11.7. The Bertz CT molecular complexity index is 1370. The lowest BCUT2D eigenvalue weighted by molar-refractivity contribution is -0.115. The van der Waals surface area contributed by atoms with E-state index in [4.69, 9.17) is 4.74 Å². The monoisotopic (exact) mass is 536 g/mol. The molecule has 1 aliphatic heterocycles. The van der Waals surface area contributed by atoms with Crippen LogP contribution in [0.3, 0.4) is 0 Å². The van der Waals surface area contributed by atoms with Gasteiger partial charge in [0.2, 0.25) is 5.95 Å². The zero-order valence-electron chi connectivity index (χ0n) is 19.5. The molecule has 3 aromatic rings. The van der Waals surface area contributed by atoms with Crippen LogP contribution in [0.25, 0.3) is 20.8 Å². The summed E-state index contributed by atoms with van der Waals surface area (Å²) in [6.07, 6.45) is -4.48. The highest BCUT2D eigenvalue weighted by Gasteiger charge is 2.80. The molecule has 3 aliphatic rings. The standard InChI is InChI=1S/C23H23F3N6O4S/c1-11-15(18-29-13-4-2-3-5-14(13)37-18)17(30-19(28-11)27-10-22(24,25)26)31-21(34)7-6-12-16(23(12,21)35)32-8-9-36-20(32)33/h2-5,12,16,34-35H,6-10H2,1H3,(H2,27,28,30,31)/t12-,16?,21-,23+/m1/s1. The summed E-state index contributed by atoms with van der Waals surface area (Å²) in [6, 6.07) is 6.78. The van der Waals surface area contributed by atoms with E-state index in [1.54, 1.807) is 6.92 Å². The minimum absolute atomic E-state index is 0.0301. The fourth-order valence-corrected chi connectivity index (χ4v) is 6.61. The van der Waals surface area contributed by atoms with Gasteiger partial charge in [-0.2, -0.15) is 18.2 Å². The molecule has 0 bridgehead atoms. The molecule has 10 nitrogen and oxygen atoms in total. The van der Waals surface area contributed by atoms with Gasteiger partial charge in [-0.25, -0.2) is 14.8 Å². The molecule has 1 amide bonds. The van der Waals surface area contributed by atoms with Crippen LogP contribution in [0.15, 0.2) is 24.3 Å². The molecule has 196 valence electrons. The number of aliphatic hydroxyl groups is 2. The zero-order valence-corrected chi connectivity index (χ0v) is 20.4. The van der Waals surface area contributed by atoms with Gasteiger partial charge in [0.25, 0.3) is 0 Å². The van der Waals surface area contributed by atoms with Crippen LogP contribution in [0.1, 0.15) is 18.5 Å². The number of nitrogens with zero attached hydrogens (tertiary/aromatic N) is 4. The molecule has 6 rings (SSSR count). The number of carbonyl (C=O) groups is 1. The first-order valence-corrected chi connectivity index (χ1v) is 12.5. The van der Waals surface area contributed by atoms with E-state index >= 15 is 0 Å². The number of aromatic nitrogens is 3. The lowest BCUT2D eigenvalue weighted by Crippen LogP contribution is -2.54. The van der Waals surface area contributed by atoms with Crippen molar-refractivity contribution in [2.45, 2.75) is 43.3 Å². The number of ether oxygens (including phenoxy) is 1. The summed E-state index contributed by atoms with van der Waals surface area (Å²) in [4.78, 5) is 26.6. The number of benzene rings is 1. The van der Waals surface area contributed by atoms with E-state index < -0.39 is 36.2 Å². The van der Waals surface area contributed by atoms with Gasteiger partial charge in [-0.15, -0.1) is 11.3 Å². The summed E-state index contributed by atoms with van der Waals surface area (Å²) in [5, 5.41) is 28.8. The largest absolute Gasteiger partial charge is 0.448 e. The van der Waals surface area contributed by atoms with Crippen molar-refractivity contribution in [1.82, 2.24) is 19.9 Å². The van der Waals surface area contributed by atoms with Crippen molar-refractivity contribution in [2.24, 2.45) is 5.92 Å². The highest BCUT2D eigenvalue weighted by molar-refractivity contribution is 7.21. The highest BCUT2D eigenvalue weighted by atomic mass is 32.1. The van der Waals surface area contributed by atoms with Gasteiger partial charge >= 0.3 is 12.3 Å². The minimum Gasteiger partial charge on any atom is -0.448 e. The van der Waals surface area contributed by atoms with Gasteiger partial charge in [0.05, 0.1) is 34.1 Å². The number of carbonyl (C=O) groups excluding carboxylic acids is 1. The van der Waals surface area contributed by atoms with Gasteiger partial charge in [-0.1, -0.05) is 12.1 Å². The molecule has 4 N–H and O–H groups in total. The molecule has 0 radical (unpaired) electrons. The summed E-state index contributed by atoms with van der Waals surface area (Å²) < 4.78 is 44.5. The van der Waals surface area contributed by atoms with E-state index in [1.165, 1.54) is 16.2 Å². The maximum atomic E-state index is 12.9. The molecule has 0 spiro atoms. The van der Waals surface area contributed by atoms with Crippen molar-refractivity contribution in [3.8, 4) is 10.6 Å². The summed E-state index contributed by atoms with van der Waals surface area (Å²) in [6.45, 7) is 0.768. The smallest absolute Gasteiger partial charge is 0.410 e. The second kappa shape index (κ2) is 8.13. The van der Waals surface area contributed by atoms with E-state index in [0.29, 0.717) is 29.2 Å². The number of fused-ring (bicyclic) bond motifs is 2. The molecular weight excluding hydrogens is 513 g/mol. The van der Waals surface area contributed by atoms with Crippen molar-refractivity contribution in [3.63, 3.8) is 0 Å². The number of thiazole rings is 1. The average Bonchev–Trinajstić information content (AvgIpc) is 3.18. The topological polar surface area (TPSA) is 133 Å². The molecule has 4 atom stereocenters. The highest BCUT2D eigenvalue weighted by Crippen LogP contribution is 2.63. The maximum absolute atomic E-state index is 12.9. The van der Waals surface area contributed by atoms with Crippen molar-refractivity contribution in [3.05, 3.63) is 30.0 Å². The first kappa shape index (κ1) is 24.1. The van der Waals surface area contributed by atoms with Gasteiger partial charge in [0.15, 0.2) is 5.72 Å². The number of hydrogen-bond donors (Lipinski definition) is 4. The Labute approximate surface area is 212 Å². The lowest BCUT2D eigenvalue weighted by Gasteiger charge is -2.34. The van der Waals surface area contributed by atoms with Crippen LogP contribution in [0.2, 0.25) is 0 Å². The van der Waals surface area contributed by atoms with Crippen molar-refractivity contribution < 1.29 is 32.9 Å². The molecule has 2 aliphatic carbocycles. The number of rotatable bonds is 6. The Morgan fingerprint density at radius 3 is 2.73 bits per heavy atom. The summed E-state index contributed by atoms with van der Waals surface area (Å²) >= 11 is 1.35. The molecule has 2 aromatic heterocycles. The lowest BCUT2D eigenvalue weighted by atomic mass is 10.0. The van der Waals surface area contributed by atoms with Gasteiger partial charge in [0, 0.05) is 5.92 Å². The number of para-hydroxylation sites is 1. The van der Waals surface area contributed by atoms with E-state index in [2.05, 4.69) is 25.6 Å². The molecule has 37 heavy (non-hydrogen) atoms. The van der Waals surface area contributed by atoms with Crippen LogP contribution in [0.4, 0.5) is 29.7 Å². The summed E-state index contributed by atoms with van der Waals surface area (Å²) in [5.41, 5.74) is -2.13. The molecular formula is C23H23F3N6O4S. The van der Waals surface area contributed by atoms with Crippen molar-refractivity contribution in [2.75, 3.05) is 30.3 Å². The van der Waals surface area contributed by atoms with Crippen molar-refractivity contribution >= 4 is 39.4 Å². The van der Waals surface area contributed by atoms with Gasteiger partial charge in [-0.3, -0.25) is 4.90 Å². The second-order valence-corrected chi connectivity index (χ2v) is 10.6. The third kappa shape index (κ3) is 3.85. The number of cyclic esters (lactones) is 1. The molecule has 14 heteroatoms. The van der Waals surface area contributed by atoms with E-state index in [1.807, 2.05) is 24.3 Å². The fraction of sp³-hybridized carbons (Fsp3) is 0.478. The number of alkyl halides is 3. The molecule has 3 heterocycles. The molecule has 3 fully saturated rings. The van der Waals surface area contributed by atoms with Gasteiger partial charge in [0.1, 0.15) is 29.6 Å². The third-order valence-corrected chi connectivity index (χ3v) is 8.32. The van der Waals surface area contributed by atoms with Gasteiger partial charge < -0.3 is 25.6 Å². The van der Waals surface area contributed by atoms with Crippen LogP contribution in [-0.4, -0.2) is 79.4 Å². The van der Waals surface area contributed by atoms with Crippen LogP contribution < -0.4 is 10.6 Å². The fourth-order valence-electron chi connectivity index (χ4n) is 5.55. The predicted octanol–water partition coefficient (Wildman–Crippen LogP) is 3.11. The normalized spacial score (nSPS) is 28.9. The van der Waals surface area contributed by atoms with E-state index in [0.717, 1.165) is 10.2 Å². The number of hydrogen-bond acceptors (Lipinski definition) is 10. The quantitative estimate of drug-likeness (QED) is 0.351. The number of anilines is 2. The molecule has 1 unspecified atom stereocenters. The van der Waals surface area contributed by atoms with Crippen LogP contribution in [0.5, 0.6) is 0 Å². The minimum atomic E-state index is -4.49. The van der Waals surface area contributed by atoms with E-state index in [9.17, 15) is 28.2 Å². The number of nitrogens with one attached hydrogen (secondary N) is 2. The Morgan fingerprint density at radius 1 is 1.24 bits per heavy atom. The SMILES string of the molecule is Cc1nc(NCC(F)(F)F)nc(N[C@@]2(O)CC[C@@H]3C(N4CCOC4=O)[C@@]32O)c1-c1nc2ccccc2s1. The Kier molecular flexibility index (Phi) is 5.30. The second-order valence-electron chi connectivity index (χ2n) is 9.52. The Hall–Kier alpha value is -3.23. The van der Waals surface area contributed by atoms with Gasteiger partial charge in [-0.05, 0) is 31.9 Å². The summed E-state index contributed by atoms with van der Waals surface area (Å²) in [5.74, 6) is -0.641. The number of halogens is 3. The first-order chi connectivity index (χ1) is 17.5.